The van der Waals surface area contributed by atoms with Gasteiger partial charge >= 0.3 is 0 Å². The largest absolute Gasteiger partial charge is 0.0841 e. The van der Waals surface area contributed by atoms with Crippen molar-refractivity contribution in [2.45, 2.75) is 53.9 Å². The first-order chi connectivity index (χ1) is 7.69. The van der Waals surface area contributed by atoms with E-state index in [-0.39, 0.29) is 0 Å². The van der Waals surface area contributed by atoms with Gasteiger partial charge in [-0.25, -0.2) is 0 Å². The van der Waals surface area contributed by atoms with Crippen molar-refractivity contribution < 1.29 is 0 Å². The molecule has 1 aromatic carbocycles. The van der Waals surface area contributed by atoms with Gasteiger partial charge in [-0.3, -0.25) is 0 Å². The fourth-order valence-electron chi connectivity index (χ4n) is 2.44. The van der Waals surface area contributed by atoms with Gasteiger partial charge in [-0.15, -0.1) is 0 Å². The maximum atomic E-state index is 2.31. The molecule has 0 saturated heterocycles. The number of rotatable bonds is 4. The summed E-state index contributed by atoms with van der Waals surface area (Å²) in [6.45, 7) is 11.1. The van der Waals surface area contributed by atoms with Crippen LogP contribution in [0.2, 0.25) is 0 Å². The minimum absolute atomic E-state index is 1.14. The Balaban J connectivity index is 3.43. The molecule has 0 unspecified atom stereocenters. The summed E-state index contributed by atoms with van der Waals surface area (Å²) in [6.07, 6.45) is 5.64. The molecule has 0 heteroatoms. The maximum absolute atomic E-state index is 2.31. The summed E-state index contributed by atoms with van der Waals surface area (Å²) in [5.74, 6) is 0. The lowest BCUT2D eigenvalue weighted by atomic mass is 9.89. The Bertz CT molecular complexity index is 383. The van der Waals surface area contributed by atoms with E-state index < -0.39 is 0 Å². The highest BCUT2D eigenvalue weighted by Crippen LogP contribution is 2.26. The van der Waals surface area contributed by atoms with E-state index in [0.29, 0.717) is 0 Å². The van der Waals surface area contributed by atoms with E-state index in [1.54, 1.807) is 11.1 Å². The van der Waals surface area contributed by atoms with E-state index in [4.69, 9.17) is 0 Å². The summed E-state index contributed by atoms with van der Waals surface area (Å²) in [6, 6.07) is 4.60. The number of hydrogen-bond acceptors (Lipinski definition) is 0. The Morgan fingerprint density at radius 3 is 2.06 bits per heavy atom. The third kappa shape index (κ3) is 2.37. The summed E-state index contributed by atoms with van der Waals surface area (Å²) in [7, 11) is 0. The van der Waals surface area contributed by atoms with Crippen LogP contribution in [0.25, 0.3) is 5.57 Å². The third-order valence-corrected chi connectivity index (χ3v) is 3.47. The van der Waals surface area contributed by atoms with Crippen molar-refractivity contribution in [1.29, 1.82) is 0 Å². The summed E-state index contributed by atoms with van der Waals surface area (Å²) < 4.78 is 0. The Morgan fingerprint density at radius 2 is 1.62 bits per heavy atom. The van der Waals surface area contributed by atoms with Crippen molar-refractivity contribution in [3.63, 3.8) is 0 Å². The molecule has 0 aliphatic carbocycles. The summed E-state index contributed by atoms with van der Waals surface area (Å²) in [4.78, 5) is 0. The highest BCUT2D eigenvalue weighted by Gasteiger charge is 2.10. The first kappa shape index (κ1) is 13.0. The van der Waals surface area contributed by atoms with Crippen LogP contribution in [-0.2, 0) is 19.3 Å². The zero-order valence-corrected chi connectivity index (χ0v) is 11.4. The van der Waals surface area contributed by atoms with E-state index in [0.717, 1.165) is 19.3 Å². The molecule has 0 aromatic heterocycles. The van der Waals surface area contributed by atoms with Gasteiger partial charge in [0.25, 0.3) is 0 Å². The average Bonchev–Trinajstić information content (AvgIpc) is 2.35. The van der Waals surface area contributed by atoms with Gasteiger partial charge in [0.2, 0.25) is 0 Å². The van der Waals surface area contributed by atoms with Gasteiger partial charge in [-0.1, -0.05) is 39.0 Å². The van der Waals surface area contributed by atoms with Crippen molar-refractivity contribution in [2.24, 2.45) is 0 Å². The standard InChI is InChI=1S/C16H24/c1-6-12(5)16-11-10-13(7-2)14(8-3)15(16)9-4/h6,10-11H,7-9H2,1-5H3/b12-6-. The molecule has 0 heterocycles. The fraction of sp³-hybridized carbons (Fsp3) is 0.500. The summed E-state index contributed by atoms with van der Waals surface area (Å²) in [5, 5.41) is 0. The van der Waals surface area contributed by atoms with Crippen LogP contribution in [0.5, 0.6) is 0 Å². The van der Waals surface area contributed by atoms with Crippen molar-refractivity contribution >= 4 is 5.57 Å². The molecule has 1 aromatic rings. The smallest absolute Gasteiger partial charge is 0.0196 e. The SMILES string of the molecule is C/C=C(/C)c1ccc(CC)c(CC)c1CC. The normalized spacial score (nSPS) is 11.9. The minimum Gasteiger partial charge on any atom is -0.0841 e. The zero-order valence-electron chi connectivity index (χ0n) is 11.4. The van der Waals surface area contributed by atoms with Gasteiger partial charge in [0.15, 0.2) is 0 Å². The van der Waals surface area contributed by atoms with E-state index >= 15 is 0 Å². The van der Waals surface area contributed by atoms with Crippen molar-refractivity contribution in [2.75, 3.05) is 0 Å². The molecule has 0 amide bonds. The first-order valence-electron chi connectivity index (χ1n) is 6.46. The molecule has 1 rings (SSSR count). The van der Waals surface area contributed by atoms with E-state index in [2.05, 4.69) is 52.8 Å². The second kappa shape index (κ2) is 5.89. The molecule has 0 nitrogen and oxygen atoms in total. The van der Waals surface area contributed by atoms with Crippen LogP contribution in [0.3, 0.4) is 0 Å². The summed E-state index contributed by atoms with van der Waals surface area (Å²) in [5.41, 5.74) is 7.49. The Labute approximate surface area is 100 Å². The summed E-state index contributed by atoms with van der Waals surface area (Å²) >= 11 is 0. The fourth-order valence-corrected chi connectivity index (χ4v) is 2.44. The number of hydrogen-bond donors (Lipinski definition) is 0. The van der Waals surface area contributed by atoms with E-state index in [9.17, 15) is 0 Å². The zero-order chi connectivity index (χ0) is 12.1. The Morgan fingerprint density at radius 1 is 1.00 bits per heavy atom. The van der Waals surface area contributed by atoms with E-state index in [1.807, 2.05) is 0 Å². The van der Waals surface area contributed by atoms with Crippen LogP contribution in [-0.4, -0.2) is 0 Å². The van der Waals surface area contributed by atoms with Crippen LogP contribution >= 0.6 is 0 Å². The van der Waals surface area contributed by atoms with Crippen LogP contribution < -0.4 is 0 Å². The molecule has 0 atom stereocenters. The van der Waals surface area contributed by atoms with Crippen molar-refractivity contribution in [1.82, 2.24) is 0 Å². The van der Waals surface area contributed by atoms with Crippen LogP contribution in [0.4, 0.5) is 0 Å². The Kier molecular flexibility index (Phi) is 4.79. The molecule has 0 spiro atoms. The highest BCUT2D eigenvalue weighted by molar-refractivity contribution is 5.68. The number of allylic oxidation sites excluding steroid dienone is 2. The average molecular weight is 216 g/mol. The second-order valence-corrected chi connectivity index (χ2v) is 4.26. The van der Waals surface area contributed by atoms with Crippen LogP contribution in [0.15, 0.2) is 18.2 Å². The highest BCUT2D eigenvalue weighted by atomic mass is 14.1. The Hall–Kier alpha value is -1.04. The van der Waals surface area contributed by atoms with Gasteiger partial charge < -0.3 is 0 Å². The predicted molar refractivity (Wildman–Crippen MR) is 73.9 cm³/mol. The lowest BCUT2D eigenvalue weighted by molar-refractivity contribution is 0.976. The molecule has 0 bridgehead atoms. The van der Waals surface area contributed by atoms with Gasteiger partial charge in [0.05, 0.1) is 0 Å². The van der Waals surface area contributed by atoms with E-state index in [1.165, 1.54) is 16.7 Å². The van der Waals surface area contributed by atoms with Crippen LogP contribution in [0, 0.1) is 0 Å². The molecule has 0 saturated carbocycles. The van der Waals surface area contributed by atoms with Gasteiger partial charge in [0, 0.05) is 0 Å². The number of aryl methyl sites for hydroxylation is 1. The molecule has 0 N–H and O–H groups in total. The molecule has 0 radical (unpaired) electrons. The van der Waals surface area contributed by atoms with Gasteiger partial charge in [0.1, 0.15) is 0 Å². The molecule has 16 heavy (non-hydrogen) atoms. The third-order valence-electron chi connectivity index (χ3n) is 3.47. The van der Waals surface area contributed by atoms with Gasteiger partial charge in [-0.05, 0) is 60.9 Å². The molecular weight excluding hydrogens is 192 g/mol. The minimum atomic E-state index is 1.14. The lowest BCUT2D eigenvalue weighted by Gasteiger charge is -2.17. The van der Waals surface area contributed by atoms with Crippen molar-refractivity contribution in [3.05, 3.63) is 40.5 Å². The molecular formula is C16H24. The predicted octanol–water partition coefficient (Wildman–Crippen LogP) is 4.80. The second-order valence-electron chi connectivity index (χ2n) is 4.26. The first-order valence-corrected chi connectivity index (χ1v) is 6.46. The topological polar surface area (TPSA) is 0 Å². The maximum Gasteiger partial charge on any atom is -0.0196 e. The lowest BCUT2D eigenvalue weighted by Crippen LogP contribution is -2.01. The number of benzene rings is 1. The quantitative estimate of drug-likeness (QED) is 0.678. The molecule has 0 aliphatic rings. The molecule has 0 fully saturated rings. The van der Waals surface area contributed by atoms with Crippen molar-refractivity contribution in [3.8, 4) is 0 Å². The van der Waals surface area contributed by atoms with Gasteiger partial charge in [-0.2, -0.15) is 0 Å². The monoisotopic (exact) mass is 216 g/mol. The molecule has 0 aliphatic heterocycles. The molecule has 88 valence electrons. The van der Waals surface area contributed by atoms with Crippen LogP contribution in [0.1, 0.15) is 56.9 Å².